The summed E-state index contributed by atoms with van der Waals surface area (Å²) in [4.78, 5) is 25.8. The van der Waals surface area contributed by atoms with E-state index in [0.717, 1.165) is 42.9 Å². The van der Waals surface area contributed by atoms with Crippen LogP contribution in [0.1, 0.15) is 0 Å². The first-order valence-corrected chi connectivity index (χ1v) is 9.33. The molecule has 0 saturated heterocycles. The molecule has 0 aliphatic rings. The maximum absolute atomic E-state index is 12.9. The highest BCUT2D eigenvalue weighted by Gasteiger charge is 2.25. The van der Waals surface area contributed by atoms with E-state index in [4.69, 9.17) is 0 Å². The summed E-state index contributed by atoms with van der Waals surface area (Å²) in [6.07, 6.45) is 0. The first-order valence-electron chi connectivity index (χ1n) is 6.84. The van der Waals surface area contributed by atoms with Gasteiger partial charge in [0.05, 0.1) is 11.7 Å². The third-order valence-electron chi connectivity index (χ3n) is 4.44. The number of benzene rings is 1. The van der Waals surface area contributed by atoms with E-state index in [1.54, 1.807) is 0 Å². The molecule has 0 saturated carbocycles. The highest BCUT2D eigenvalue weighted by molar-refractivity contribution is 7.19. The van der Waals surface area contributed by atoms with Gasteiger partial charge in [0, 0.05) is 41.7 Å². The molecule has 3 aromatic carbocycles. The molecule has 0 aliphatic heterocycles. The summed E-state index contributed by atoms with van der Waals surface area (Å²) in [6, 6.07) is 3.66. The molecule has 0 unspecified atom stereocenters. The summed E-state index contributed by atoms with van der Waals surface area (Å²) in [7, 11) is 0. The van der Waals surface area contributed by atoms with E-state index in [1.807, 2.05) is 22.9 Å². The Morgan fingerprint density at radius 2 is 1.17 bits per heavy atom. The summed E-state index contributed by atoms with van der Waals surface area (Å²) < 4.78 is 10.7. The van der Waals surface area contributed by atoms with Crippen molar-refractivity contribution in [2.45, 2.75) is 0 Å². The Balaban J connectivity index is 2.21. The first kappa shape index (κ1) is 12.2. The SMILES string of the molecule is O=c1c2ccsc2c2c3nsnc3c3c4sccc4c(=O)c3c12. The van der Waals surface area contributed by atoms with Gasteiger partial charge in [-0.25, -0.2) is 0 Å². The second-order valence-corrected chi connectivity index (χ2v) is 7.81. The van der Waals surface area contributed by atoms with Gasteiger partial charge in [0.15, 0.2) is 10.9 Å². The Hall–Kier alpha value is -2.22. The van der Waals surface area contributed by atoms with E-state index in [1.165, 1.54) is 22.7 Å². The Labute approximate surface area is 139 Å². The maximum Gasteiger partial charge on any atom is 0.196 e. The smallest absolute Gasteiger partial charge is 0.196 e. The lowest BCUT2D eigenvalue weighted by molar-refractivity contribution is 1.72. The molecule has 0 amide bonds. The minimum Gasteiger partial charge on any atom is -0.289 e. The number of rotatable bonds is 0. The number of hydrogen-bond acceptors (Lipinski definition) is 7. The summed E-state index contributed by atoms with van der Waals surface area (Å²) in [5.41, 5.74) is 1.36. The van der Waals surface area contributed by atoms with Crippen molar-refractivity contribution in [3.8, 4) is 0 Å². The average molecular weight is 352 g/mol. The highest BCUT2D eigenvalue weighted by atomic mass is 32.1. The minimum atomic E-state index is -0.0640. The molecule has 6 aromatic rings. The van der Waals surface area contributed by atoms with Crippen molar-refractivity contribution in [2.24, 2.45) is 0 Å². The molecule has 4 nitrogen and oxygen atoms in total. The van der Waals surface area contributed by atoms with Gasteiger partial charge in [-0.1, -0.05) is 0 Å². The standard InChI is InChI=1S/C16H4N2O2S3/c19-13-5-1-3-21-15(5)9-7(13)8-10(12-11(9)17-23-18-12)16-6(14(8)20)2-4-22-16/h1-4H. The Morgan fingerprint density at radius 1 is 0.696 bits per heavy atom. The van der Waals surface area contributed by atoms with Gasteiger partial charge in [-0.2, -0.15) is 8.75 Å². The largest absolute Gasteiger partial charge is 0.289 e. The van der Waals surface area contributed by atoms with Crippen LogP contribution in [-0.4, -0.2) is 8.75 Å². The molecule has 3 heterocycles. The van der Waals surface area contributed by atoms with E-state index in [9.17, 15) is 9.59 Å². The molecular formula is C16H4N2O2S3. The third-order valence-corrected chi connectivity index (χ3v) is 6.83. The zero-order valence-corrected chi connectivity index (χ0v) is 13.7. The zero-order valence-electron chi connectivity index (χ0n) is 11.2. The van der Waals surface area contributed by atoms with Crippen LogP contribution in [0.3, 0.4) is 0 Å². The van der Waals surface area contributed by atoms with E-state index in [-0.39, 0.29) is 10.9 Å². The third kappa shape index (κ3) is 1.21. The Kier molecular flexibility index (Phi) is 2.03. The molecule has 0 fully saturated rings. The normalized spacial score (nSPS) is 12.7. The van der Waals surface area contributed by atoms with Gasteiger partial charge in [-0.15, -0.1) is 22.7 Å². The predicted octanol–water partition coefficient (Wildman–Crippen LogP) is 4.02. The van der Waals surface area contributed by atoms with Crippen molar-refractivity contribution in [2.75, 3.05) is 0 Å². The summed E-state index contributed by atoms with van der Waals surface area (Å²) >= 11 is 4.16. The van der Waals surface area contributed by atoms with Crippen LogP contribution in [0.4, 0.5) is 0 Å². The van der Waals surface area contributed by atoms with Gasteiger partial charge in [-0.05, 0) is 22.9 Å². The predicted molar refractivity (Wildman–Crippen MR) is 98.1 cm³/mol. The van der Waals surface area contributed by atoms with E-state index in [0.29, 0.717) is 21.5 Å². The molecule has 0 atom stereocenters. The van der Waals surface area contributed by atoms with Crippen LogP contribution in [0, 0.1) is 0 Å². The van der Waals surface area contributed by atoms with Crippen molar-refractivity contribution in [3.05, 3.63) is 43.3 Å². The Morgan fingerprint density at radius 3 is 1.65 bits per heavy atom. The number of nitrogens with zero attached hydrogens (tertiary/aromatic N) is 2. The van der Waals surface area contributed by atoms with Crippen LogP contribution in [0.15, 0.2) is 32.5 Å². The minimum absolute atomic E-state index is 0.0640. The van der Waals surface area contributed by atoms with Crippen LogP contribution in [-0.2, 0) is 0 Å². The van der Waals surface area contributed by atoms with Crippen molar-refractivity contribution in [1.29, 1.82) is 0 Å². The molecule has 0 aliphatic carbocycles. The fourth-order valence-corrected chi connectivity index (χ4v) is 5.98. The van der Waals surface area contributed by atoms with Gasteiger partial charge in [-0.3, -0.25) is 9.59 Å². The van der Waals surface area contributed by atoms with Crippen molar-refractivity contribution in [3.63, 3.8) is 0 Å². The van der Waals surface area contributed by atoms with Gasteiger partial charge in [0.2, 0.25) is 0 Å². The van der Waals surface area contributed by atoms with Gasteiger partial charge in [0.1, 0.15) is 11.0 Å². The topological polar surface area (TPSA) is 59.9 Å². The monoisotopic (exact) mass is 352 g/mol. The molecular weight excluding hydrogens is 348 g/mol. The average Bonchev–Trinajstić information content (AvgIpc) is 3.31. The van der Waals surface area contributed by atoms with Crippen LogP contribution < -0.4 is 10.9 Å². The summed E-state index contributed by atoms with van der Waals surface area (Å²) in [5.74, 6) is 0. The Bertz CT molecular complexity index is 1400. The van der Waals surface area contributed by atoms with Crippen LogP contribution in [0.2, 0.25) is 0 Å². The van der Waals surface area contributed by atoms with Crippen molar-refractivity contribution < 1.29 is 0 Å². The zero-order chi connectivity index (χ0) is 15.3. The molecule has 7 heteroatoms. The first-order chi connectivity index (χ1) is 11.3. The van der Waals surface area contributed by atoms with Gasteiger partial charge < -0.3 is 0 Å². The number of aromatic nitrogens is 2. The molecule has 3 aromatic heterocycles. The molecule has 0 N–H and O–H groups in total. The number of fused-ring (bicyclic) bond motifs is 10. The second-order valence-electron chi connectivity index (χ2n) is 5.45. The lowest BCUT2D eigenvalue weighted by Crippen LogP contribution is -2.00. The molecule has 0 bridgehead atoms. The van der Waals surface area contributed by atoms with Crippen LogP contribution in [0.5, 0.6) is 0 Å². The highest BCUT2D eigenvalue weighted by Crippen LogP contribution is 2.42. The molecule has 23 heavy (non-hydrogen) atoms. The lowest BCUT2D eigenvalue weighted by atomic mass is 10.1. The fraction of sp³-hybridized carbons (Fsp3) is 0. The van der Waals surface area contributed by atoms with Crippen molar-refractivity contribution >= 4 is 87.2 Å². The molecule has 108 valence electrons. The second kappa shape index (κ2) is 3.81. The van der Waals surface area contributed by atoms with E-state index in [2.05, 4.69) is 8.75 Å². The maximum atomic E-state index is 12.9. The molecule has 6 rings (SSSR count). The van der Waals surface area contributed by atoms with Crippen LogP contribution >= 0.6 is 34.4 Å². The number of hydrogen-bond donors (Lipinski definition) is 0. The van der Waals surface area contributed by atoms with Gasteiger partial charge in [0.25, 0.3) is 0 Å². The van der Waals surface area contributed by atoms with Crippen LogP contribution in [0.25, 0.3) is 52.8 Å². The molecule has 0 spiro atoms. The summed E-state index contributed by atoms with van der Waals surface area (Å²) in [5, 5.41) is 7.81. The fourth-order valence-electron chi connectivity index (χ4n) is 3.53. The van der Waals surface area contributed by atoms with E-state index < -0.39 is 0 Å². The van der Waals surface area contributed by atoms with Crippen molar-refractivity contribution in [1.82, 2.24) is 8.75 Å². The lowest BCUT2D eigenvalue weighted by Gasteiger charge is -1.96. The summed E-state index contributed by atoms with van der Waals surface area (Å²) in [6.45, 7) is 0. The number of thiophene rings is 2. The van der Waals surface area contributed by atoms with E-state index >= 15 is 0 Å². The molecule has 0 radical (unpaired) electrons. The van der Waals surface area contributed by atoms with Gasteiger partial charge >= 0.3 is 0 Å². The quantitative estimate of drug-likeness (QED) is 0.414.